The van der Waals surface area contributed by atoms with Crippen molar-refractivity contribution in [2.45, 2.75) is 76.6 Å². The van der Waals surface area contributed by atoms with E-state index < -0.39 is 5.54 Å². The number of rotatable bonds is 4. The average molecular weight is 270 g/mol. The molecule has 19 heavy (non-hydrogen) atoms. The number of hydrogen-bond acceptors (Lipinski definition) is 4. The first-order chi connectivity index (χ1) is 9.09. The molecule has 2 atom stereocenters. The van der Waals surface area contributed by atoms with E-state index in [2.05, 4.69) is 4.90 Å². The molecule has 5 heteroatoms. The highest BCUT2D eigenvalue weighted by molar-refractivity contribution is 4.91. The van der Waals surface area contributed by atoms with Crippen molar-refractivity contribution in [2.24, 2.45) is 0 Å². The summed E-state index contributed by atoms with van der Waals surface area (Å²) in [6.45, 7) is 4.86. The Bertz CT molecular complexity index is 318. The van der Waals surface area contributed by atoms with Crippen LogP contribution in [0.2, 0.25) is 0 Å². The first kappa shape index (κ1) is 14.7. The van der Waals surface area contributed by atoms with Gasteiger partial charge in [0.05, 0.1) is 6.54 Å². The first-order valence-electron chi connectivity index (χ1n) is 7.61. The lowest BCUT2D eigenvalue weighted by Crippen LogP contribution is -2.62. The van der Waals surface area contributed by atoms with Crippen LogP contribution in [-0.4, -0.2) is 40.8 Å². The molecule has 0 bridgehead atoms. The molecule has 0 amide bonds. The monoisotopic (exact) mass is 270 g/mol. The van der Waals surface area contributed by atoms with Crippen molar-refractivity contribution in [3.8, 4) is 0 Å². The quantitative estimate of drug-likeness (QED) is 0.582. The van der Waals surface area contributed by atoms with Crippen LogP contribution in [0.25, 0.3) is 0 Å². The summed E-state index contributed by atoms with van der Waals surface area (Å²) in [7, 11) is 0. The second-order valence-electron chi connectivity index (χ2n) is 6.11. The highest BCUT2D eigenvalue weighted by atomic mass is 16.6. The highest BCUT2D eigenvalue weighted by Gasteiger charge is 2.50. The van der Waals surface area contributed by atoms with Gasteiger partial charge in [-0.3, -0.25) is 15.0 Å². The molecular formula is C14H26N2O3. The zero-order valence-corrected chi connectivity index (χ0v) is 12.1. The first-order valence-corrected chi connectivity index (χ1v) is 7.61. The Kier molecular flexibility index (Phi) is 4.79. The van der Waals surface area contributed by atoms with Crippen LogP contribution >= 0.6 is 0 Å². The molecule has 1 aliphatic heterocycles. The fraction of sp³-hybridized carbons (Fsp3) is 1.00. The zero-order chi connectivity index (χ0) is 13.9. The summed E-state index contributed by atoms with van der Waals surface area (Å²) in [5.74, 6) is 0. The Balaban J connectivity index is 2.11. The molecule has 110 valence electrons. The fourth-order valence-electron chi connectivity index (χ4n) is 3.54. The molecule has 0 aromatic heterocycles. The van der Waals surface area contributed by atoms with Gasteiger partial charge in [-0.2, -0.15) is 0 Å². The molecule has 1 saturated carbocycles. The van der Waals surface area contributed by atoms with Gasteiger partial charge in [0.2, 0.25) is 0 Å². The third kappa shape index (κ3) is 3.08. The van der Waals surface area contributed by atoms with E-state index in [9.17, 15) is 10.1 Å². The van der Waals surface area contributed by atoms with Crippen LogP contribution in [0.4, 0.5) is 0 Å². The van der Waals surface area contributed by atoms with E-state index >= 15 is 0 Å². The molecule has 0 spiro atoms. The highest BCUT2D eigenvalue weighted by Crippen LogP contribution is 2.32. The van der Waals surface area contributed by atoms with Crippen molar-refractivity contribution in [3.63, 3.8) is 0 Å². The van der Waals surface area contributed by atoms with Crippen molar-refractivity contribution in [1.82, 2.24) is 4.90 Å². The summed E-state index contributed by atoms with van der Waals surface area (Å²) in [6.07, 6.45) is 7.57. The van der Waals surface area contributed by atoms with Crippen LogP contribution < -0.4 is 0 Å². The maximum atomic E-state index is 11.5. The normalized spacial score (nSPS) is 34.3. The van der Waals surface area contributed by atoms with Crippen LogP contribution in [0.5, 0.6) is 0 Å². The number of nitrogens with zero attached hydrogens (tertiary/aromatic N) is 2. The van der Waals surface area contributed by atoms with Gasteiger partial charge in [0.25, 0.3) is 5.54 Å². The summed E-state index contributed by atoms with van der Waals surface area (Å²) >= 11 is 0. The van der Waals surface area contributed by atoms with Gasteiger partial charge in [-0.1, -0.05) is 26.2 Å². The predicted octanol–water partition coefficient (Wildman–Crippen LogP) is 2.81. The van der Waals surface area contributed by atoms with E-state index in [-0.39, 0.29) is 17.8 Å². The standard InChI is InChI=1S/C14H26N2O3/c1-3-9-14(16(17)18)10-15(12(2)19-11-14)13-7-5-4-6-8-13/h12-13H,3-11H2,1-2H3. The lowest BCUT2D eigenvalue weighted by molar-refractivity contribution is -0.585. The van der Waals surface area contributed by atoms with Crippen LogP contribution in [0.1, 0.15) is 58.8 Å². The Morgan fingerprint density at radius 2 is 2.05 bits per heavy atom. The van der Waals surface area contributed by atoms with Gasteiger partial charge in [0.15, 0.2) is 0 Å². The van der Waals surface area contributed by atoms with Crippen LogP contribution in [0, 0.1) is 10.1 Å². The zero-order valence-electron chi connectivity index (χ0n) is 12.1. The Morgan fingerprint density at radius 1 is 1.37 bits per heavy atom. The van der Waals surface area contributed by atoms with Crippen molar-refractivity contribution >= 4 is 0 Å². The second kappa shape index (κ2) is 6.18. The maximum absolute atomic E-state index is 11.5. The van der Waals surface area contributed by atoms with E-state index in [4.69, 9.17) is 4.74 Å². The lowest BCUT2D eigenvalue weighted by atomic mass is 9.89. The van der Waals surface area contributed by atoms with E-state index in [0.717, 1.165) is 19.3 Å². The Morgan fingerprint density at radius 3 is 2.63 bits per heavy atom. The van der Waals surface area contributed by atoms with Crippen LogP contribution in [-0.2, 0) is 4.74 Å². The second-order valence-corrected chi connectivity index (χ2v) is 6.11. The molecule has 2 aliphatic rings. The van der Waals surface area contributed by atoms with Gasteiger partial charge >= 0.3 is 0 Å². The number of hydrogen-bond donors (Lipinski definition) is 0. The molecule has 0 aromatic rings. The summed E-state index contributed by atoms with van der Waals surface area (Å²) < 4.78 is 5.76. The third-order valence-corrected chi connectivity index (χ3v) is 4.68. The molecule has 2 rings (SSSR count). The molecule has 1 heterocycles. The predicted molar refractivity (Wildman–Crippen MR) is 73.6 cm³/mol. The summed E-state index contributed by atoms with van der Waals surface area (Å²) in [4.78, 5) is 13.7. The average Bonchev–Trinajstić information content (AvgIpc) is 2.42. The topological polar surface area (TPSA) is 55.6 Å². The molecule has 0 aromatic carbocycles. The van der Waals surface area contributed by atoms with Gasteiger partial charge in [-0.25, -0.2) is 0 Å². The van der Waals surface area contributed by atoms with Crippen molar-refractivity contribution in [2.75, 3.05) is 13.2 Å². The minimum atomic E-state index is -0.890. The van der Waals surface area contributed by atoms with Crippen molar-refractivity contribution in [1.29, 1.82) is 0 Å². The number of nitro groups is 1. The molecular weight excluding hydrogens is 244 g/mol. The molecule has 2 unspecified atom stereocenters. The van der Waals surface area contributed by atoms with Gasteiger partial charge in [0.1, 0.15) is 12.8 Å². The maximum Gasteiger partial charge on any atom is 0.257 e. The lowest BCUT2D eigenvalue weighted by Gasteiger charge is -2.45. The van der Waals surface area contributed by atoms with E-state index in [1.807, 2.05) is 13.8 Å². The van der Waals surface area contributed by atoms with Gasteiger partial charge in [-0.15, -0.1) is 0 Å². The van der Waals surface area contributed by atoms with Gasteiger partial charge in [-0.05, 0) is 26.2 Å². The van der Waals surface area contributed by atoms with E-state index in [0.29, 0.717) is 19.0 Å². The fourth-order valence-corrected chi connectivity index (χ4v) is 3.54. The summed E-state index contributed by atoms with van der Waals surface area (Å²) in [5, 5.41) is 11.5. The van der Waals surface area contributed by atoms with Gasteiger partial charge in [0, 0.05) is 17.4 Å². The van der Waals surface area contributed by atoms with E-state index in [1.165, 1.54) is 19.3 Å². The third-order valence-electron chi connectivity index (χ3n) is 4.68. The van der Waals surface area contributed by atoms with Crippen molar-refractivity contribution in [3.05, 3.63) is 10.1 Å². The number of ether oxygens (including phenoxy) is 1. The minimum absolute atomic E-state index is 0.0213. The Hall–Kier alpha value is -0.680. The molecule has 5 nitrogen and oxygen atoms in total. The molecule has 1 saturated heterocycles. The summed E-state index contributed by atoms with van der Waals surface area (Å²) in [6, 6.07) is 0.472. The summed E-state index contributed by atoms with van der Waals surface area (Å²) in [5.41, 5.74) is -0.890. The molecule has 0 N–H and O–H groups in total. The minimum Gasteiger partial charge on any atom is -0.356 e. The van der Waals surface area contributed by atoms with Crippen LogP contribution in [0.15, 0.2) is 0 Å². The van der Waals surface area contributed by atoms with E-state index in [1.54, 1.807) is 0 Å². The largest absolute Gasteiger partial charge is 0.356 e. The smallest absolute Gasteiger partial charge is 0.257 e. The molecule has 1 aliphatic carbocycles. The van der Waals surface area contributed by atoms with Crippen LogP contribution in [0.3, 0.4) is 0 Å². The van der Waals surface area contributed by atoms with Gasteiger partial charge < -0.3 is 4.74 Å². The molecule has 0 radical (unpaired) electrons. The molecule has 2 fully saturated rings. The SMILES string of the molecule is CCCC1([N+](=O)[O-])COC(C)N(C2CCCCC2)C1. The van der Waals surface area contributed by atoms with Crippen molar-refractivity contribution < 1.29 is 9.66 Å². The Labute approximate surface area is 115 Å².